The fraction of sp³-hybridized carbons (Fsp3) is 0.417. The number of likely N-dealkylation sites (N-methyl/N-ethyl adjacent to an activating group) is 1. The van der Waals surface area contributed by atoms with Crippen LogP contribution >= 0.6 is 11.6 Å². The van der Waals surface area contributed by atoms with E-state index in [1.165, 1.54) is 0 Å². The lowest BCUT2D eigenvalue weighted by Crippen LogP contribution is -2.37. The Hall–Kier alpha value is -0.860. The summed E-state index contributed by atoms with van der Waals surface area (Å²) in [6.45, 7) is 1.55. The van der Waals surface area contributed by atoms with Gasteiger partial charge in [-0.2, -0.15) is 0 Å². The van der Waals surface area contributed by atoms with E-state index >= 15 is 0 Å². The molecule has 0 N–H and O–H groups in total. The maximum atomic E-state index is 11.8. The standard InChI is InChI=1S/C12H14ClNO/c1-14-7-6-11(12(15)8-14)9-2-4-10(13)5-3-9/h2-5,11H,6-8H2,1H3. The normalized spacial score (nSPS) is 23.1. The van der Waals surface area contributed by atoms with E-state index in [0.717, 1.165) is 23.6 Å². The number of carbonyl (C=O) groups excluding carboxylic acids is 1. The summed E-state index contributed by atoms with van der Waals surface area (Å²) >= 11 is 5.82. The molecule has 0 bridgehead atoms. The van der Waals surface area contributed by atoms with Crippen LogP contribution in [0.5, 0.6) is 0 Å². The third-order valence-corrected chi connectivity index (χ3v) is 3.14. The molecule has 3 heteroatoms. The van der Waals surface area contributed by atoms with E-state index in [0.29, 0.717) is 12.3 Å². The lowest BCUT2D eigenvalue weighted by atomic mass is 9.89. The largest absolute Gasteiger partial charge is 0.299 e. The monoisotopic (exact) mass is 223 g/mol. The number of ketones is 1. The van der Waals surface area contributed by atoms with Crippen LogP contribution in [0.15, 0.2) is 24.3 Å². The van der Waals surface area contributed by atoms with Crippen LogP contribution in [0.2, 0.25) is 5.02 Å². The molecular weight excluding hydrogens is 210 g/mol. The Bertz CT molecular complexity index is 360. The van der Waals surface area contributed by atoms with Gasteiger partial charge in [0.15, 0.2) is 5.78 Å². The van der Waals surface area contributed by atoms with Crippen LogP contribution in [0.4, 0.5) is 0 Å². The third kappa shape index (κ3) is 2.39. The lowest BCUT2D eigenvalue weighted by Gasteiger charge is -2.27. The van der Waals surface area contributed by atoms with E-state index in [1.807, 2.05) is 31.3 Å². The zero-order valence-electron chi connectivity index (χ0n) is 8.74. The molecule has 1 unspecified atom stereocenters. The number of halogens is 1. The zero-order valence-corrected chi connectivity index (χ0v) is 9.50. The molecule has 2 rings (SSSR count). The van der Waals surface area contributed by atoms with Gasteiger partial charge in [0.2, 0.25) is 0 Å². The Kier molecular flexibility index (Phi) is 3.08. The van der Waals surface area contributed by atoms with Crippen LogP contribution in [-0.2, 0) is 4.79 Å². The highest BCUT2D eigenvalue weighted by Gasteiger charge is 2.26. The number of benzene rings is 1. The van der Waals surface area contributed by atoms with Gasteiger partial charge in [-0.05, 0) is 37.7 Å². The molecule has 1 heterocycles. The molecule has 0 spiro atoms. The van der Waals surface area contributed by atoms with E-state index in [-0.39, 0.29) is 5.92 Å². The molecule has 0 aliphatic carbocycles. The number of nitrogens with zero attached hydrogens (tertiary/aromatic N) is 1. The number of Topliss-reactive ketones (excluding diaryl/α,β-unsaturated/α-hetero) is 1. The summed E-state index contributed by atoms with van der Waals surface area (Å²) in [6, 6.07) is 7.61. The minimum Gasteiger partial charge on any atom is -0.299 e. The second kappa shape index (κ2) is 4.33. The first kappa shape index (κ1) is 10.7. The van der Waals surface area contributed by atoms with Crippen molar-refractivity contribution < 1.29 is 4.79 Å². The average molecular weight is 224 g/mol. The molecule has 0 aromatic heterocycles. The van der Waals surface area contributed by atoms with Gasteiger partial charge in [-0.1, -0.05) is 23.7 Å². The van der Waals surface area contributed by atoms with Gasteiger partial charge in [-0.3, -0.25) is 9.69 Å². The summed E-state index contributed by atoms with van der Waals surface area (Å²) in [5, 5.41) is 0.721. The number of rotatable bonds is 1. The summed E-state index contributed by atoms with van der Waals surface area (Å²) in [4.78, 5) is 13.9. The van der Waals surface area contributed by atoms with E-state index in [4.69, 9.17) is 11.6 Å². The molecular formula is C12H14ClNO. The van der Waals surface area contributed by atoms with Crippen molar-refractivity contribution in [3.05, 3.63) is 34.9 Å². The first-order chi connectivity index (χ1) is 7.16. The number of hydrogen-bond acceptors (Lipinski definition) is 2. The van der Waals surface area contributed by atoms with Crippen LogP contribution in [0, 0.1) is 0 Å². The fourth-order valence-electron chi connectivity index (χ4n) is 2.01. The highest BCUT2D eigenvalue weighted by molar-refractivity contribution is 6.30. The van der Waals surface area contributed by atoms with Gasteiger partial charge in [-0.15, -0.1) is 0 Å². The summed E-state index contributed by atoms with van der Waals surface area (Å²) in [7, 11) is 1.98. The van der Waals surface area contributed by atoms with E-state index in [2.05, 4.69) is 4.90 Å². The Labute approximate surface area is 94.8 Å². The summed E-state index contributed by atoms with van der Waals surface area (Å²) in [5.74, 6) is 0.379. The molecule has 1 atom stereocenters. The van der Waals surface area contributed by atoms with Gasteiger partial charge < -0.3 is 0 Å². The molecule has 1 aliphatic heterocycles. The number of carbonyl (C=O) groups is 1. The number of piperidine rings is 1. The van der Waals surface area contributed by atoms with Crippen molar-refractivity contribution in [1.29, 1.82) is 0 Å². The van der Waals surface area contributed by atoms with Crippen LogP contribution in [0.25, 0.3) is 0 Å². The number of likely N-dealkylation sites (tertiary alicyclic amines) is 1. The Morgan fingerprint density at radius 3 is 2.60 bits per heavy atom. The van der Waals surface area contributed by atoms with Crippen molar-refractivity contribution in [2.75, 3.05) is 20.1 Å². The van der Waals surface area contributed by atoms with Crippen molar-refractivity contribution >= 4 is 17.4 Å². The topological polar surface area (TPSA) is 20.3 Å². The predicted molar refractivity (Wildman–Crippen MR) is 61.3 cm³/mol. The SMILES string of the molecule is CN1CCC(c2ccc(Cl)cc2)C(=O)C1. The predicted octanol–water partition coefficient (Wildman–Crippen LogP) is 2.33. The van der Waals surface area contributed by atoms with Crippen molar-refractivity contribution in [2.24, 2.45) is 0 Å². The minimum atomic E-state index is 0.0680. The van der Waals surface area contributed by atoms with E-state index in [9.17, 15) is 4.79 Å². The maximum absolute atomic E-state index is 11.8. The molecule has 80 valence electrons. The third-order valence-electron chi connectivity index (χ3n) is 2.89. The maximum Gasteiger partial charge on any atom is 0.154 e. The molecule has 1 aliphatic rings. The fourth-order valence-corrected chi connectivity index (χ4v) is 2.14. The molecule has 2 nitrogen and oxygen atoms in total. The summed E-state index contributed by atoms with van der Waals surface area (Å²) < 4.78 is 0. The van der Waals surface area contributed by atoms with Gasteiger partial charge in [0, 0.05) is 10.9 Å². The second-order valence-electron chi connectivity index (χ2n) is 4.10. The van der Waals surface area contributed by atoms with E-state index < -0.39 is 0 Å². The second-order valence-corrected chi connectivity index (χ2v) is 4.53. The molecule has 1 aromatic rings. The van der Waals surface area contributed by atoms with Crippen molar-refractivity contribution in [1.82, 2.24) is 4.90 Å². The average Bonchev–Trinajstić information content (AvgIpc) is 2.20. The van der Waals surface area contributed by atoms with E-state index in [1.54, 1.807) is 0 Å². The first-order valence-corrected chi connectivity index (χ1v) is 5.51. The zero-order chi connectivity index (χ0) is 10.8. The number of hydrogen-bond donors (Lipinski definition) is 0. The van der Waals surface area contributed by atoms with Gasteiger partial charge in [0.25, 0.3) is 0 Å². The molecule has 1 saturated heterocycles. The summed E-state index contributed by atoms with van der Waals surface area (Å²) in [5.41, 5.74) is 1.09. The highest BCUT2D eigenvalue weighted by atomic mass is 35.5. The van der Waals surface area contributed by atoms with Crippen molar-refractivity contribution in [3.8, 4) is 0 Å². The Morgan fingerprint density at radius 1 is 1.33 bits per heavy atom. The van der Waals surface area contributed by atoms with Crippen LogP contribution in [0.3, 0.4) is 0 Å². The molecule has 0 radical (unpaired) electrons. The van der Waals surface area contributed by atoms with Crippen LogP contribution in [-0.4, -0.2) is 30.8 Å². The minimum absolute atomic E-state index is 0.0680. The first-order valence-electron chi connectivity index (χ1n) is 5.13. The highest BCUT2D eigenvalue weighted by Crippen LogP contribution is 2.25. The van der Waals surface area contributed by atoms with Gasteiger partial charge in [0.05, 0.1) is 6.54 Å². The molecule has 1 fully saturated rings. The lowest BCUT2D eigenvalue weighted by molar-refractivity contribution is -0.123. The molecule has 0 saturated carbocycles. The quantitative estimate of drug-likeness (QED) is 0.729. The summed E-state index contributed by atoms with van der Waals surface area (Å²) in [6.07, 6.45) is 0.914. The van der Waals surface area contributed by atoms with Crippen molar-refractivity contribution in [3.63, 3.8) is 0 Å². The van der Waals surface area contributed by atoms with Crippen LogP contribution < -0.4 is 0 Å². The van der Waals surface area contributed by atoms with Crippen LogP contribution in [0.1, 0.15) is 17.9 Å². The van der Waals surface area contributed by atoms with Gasteiger partial charge in [0.1, 0.15) is 0 Å². The molecule has 15 heavy (non-hydrogen) atoms. The van der Waals surface area contributed by atoms with Gasteiger partial charge >= 0.3 is 0 Å². The molecule has 1 aromatic carbocycles. The molecule has 0 amide bonds. The van der Waals surface area contributed by atoms with Gasteiger partial charge in [-0.25, -0.2) is 0 Å². The van der Waals surface area contributed by atoms with Crippen molar-refractivity contribution in [2.45, 2.75) is 12.3 Å². The Balaban J connectivity index is 2.17. The smallest absolute Gasteiger partial charge is 0.154 e. The Morgan fingerprint density at radius 2 is 2.00 bits per heavy atom.